The fourth-order valence-corrected chi connectivity index (χ4v) is 3.34. The van der Waals surface area contributed by atoms with Crippen LogP contribution in [0.15, 0.2) is 30.6 Å². The summed E-state index contributed by atoms with van der Waals surface area (Å²) < 4.78 is 6.82. The lowest BCUT2D eigenvalue weighted by molar-refractivity contribution is -0.132. The quantitative estimate of drug-likeness (QED) is 0.787. The summed E-state index contributed by atoms with van der Waals surface area (Å²) in [5.74, 6) is 2.36. The van der Waals surface area contributed by atoms with Crippen molar-refractivity contribution >= 4 is 17.8 Å². The first-order valence-electron chi connectivity index (χ1n) is 9.03. The van der Waals surface area contributed by atoms with E-state index in [-0.39, 0.29) is 12.5 Å². The van der Waals surface area contributed by atoms with Gasteiger partial charge in [0.2, 0.25) is 5.91 Å². The average Bonchev–Trinajstić information content (AvgIpc) is 3.34. The molecule has 0 radical (unpaired) electrons. The van der Waals surface area contributed by atoms with Gasteiger partial charge in [0.05, 0.1) is 6.54 Å². The van der Waals surface area contributed by atoms with Crippen molar-refractivity contribution < 1.29 is 14.3 Å². The van der Waals surface area contributed by atoms with E-state index in [0.29, 0.717) is 45.2 Å². The predicted octanol–water partition coefficient (Wildman–Crippen LogP) is 0.677. The molecule has 4 heterocycles. The minimum atomic E-state index is -0.406. The summed E-state index contributed by atoms with van der Waals surface area (Å²) in [4.78, 5) is 38.4. The Morgan fingerprint density at radius 1 is 1.07 bits per heavy atom. The zero-order chi connectivity index (χ0) is 18.8. The van der Waals surface area contributed by atoms with Crippen molar-refractivity contribution in [1.82, 2.24) is 24.3 Å². The lowest BCUT2D eigenvalue weighted by atomic mass is 10.3. The molecule has 2 aliphatic rings. The van der Waals surface area contributed by atoms with Crippen LogP contribution >= 0.6 is 0 Å². The van der Waals surface area contributed by atoms with Crippen LogP contribution in [-0.4, -0.2) is 82.2 Å². The molecular formula is C18H22N6O3. The third-order valence-electron chi connectivity index (χ3n) is 4.81. The number of nitrogens with zero attached hydrogens (tertiary/aromatic N) is 6. The number of piperazine rings is 1. The second kappa shape index (κ2) is 7.26. The van der Waals surface area contributed by atoms with Crippen LogP contribution in [-0.2, 0) is 9.53 Å². The van der Waals surface area contributed by atoms with E-state index in [2.05, 4.69) is 14.9 Å². The highest BCUT2D eigenvalue weighted by atomic mass is 16.6. The van der Waals surface area contributed by atoms with E-state index < -0.39 is 6.09 Å². The van der Waals surface area contributed by atoms with Crippen molar-refractivity contribution in [3.63, 3.8) is 0 Å². The summed E-state index contributed by atoms with van der Waals surface area (Å²) in [5.41, 5.74) is 0. The van der Waals surface area contributed by atoms with Crippen LogP contribution in [0.3, 0.4) is 0 Å². The number of anilines is 1. The molecule has 142 valence electrons. The van der Waals surface area contributed by atoms with Gasteiger partial charge in [-0.05, 0) is 19.1 Å². The van der Waals surface area contributed by atoms with Gasteiger partial charge in [0, 0.05) is 44.6 Å². The summed E-state index contributed by atoms with van der Waals surface area (Å²) >= 11 is 0. The topological polar surface area (TPSA) is 83.8 Å². The zero-order valence-electron chi connectivity index (χ0n) is 15.2. The molecule has 0 aliphatic carbocycles. The number of aromatic nitrogens is 3. The van der Waals surface area contributed by atoms with Crippen molar-refractivity contribution in [1.29, 1.82) is 0 Å². The van der Waals surface area contributed by atoms with E-state index in [1.165, 1.54) is 4.90 Å². The maximum Gasteiger partial charge on any atom is 0.410 e. The van der Waals surface area contributed by atoms with Gasteiger partial charge in [-0.1, -0.05) is 0 Å². The summed E-state index contributed by atoms with van der Waals surface area (Å²) in [7, 11) is 0. The van der Waals surface area contributed by atoms with Crippen LogP contribution in [0.5, 0.6) is 0 Å². The van der Waals surface area contributed by atoms with Crippen molar-refractivity contribution in [3.05, 3.63) is 36.4 Å². The number of hydrogen-bond donors (Lipinski definition) is 0. The molecular weight excluding hydrogens is 348 g/mol. The molecule has 0 atom stereocenters. The Balaban J connectivity index is 1.39. The van der Waals surface area contributed by atoms with Crippen LogP contribution < -0.4 is 4.90 Å². The molecule has 2 saturated heterocycles. The summed E-state index contributed by atoms with van der Waals surface area (Å²) in [6.45, 7) is 5.39. The van der Waals surface area contributed by atoms with Gasteiger partial charge < -0.3 is 19.1 Å². The van der Waals surface area contributed by atoms with Gasteiger partial charge in [-0.15, -0.1) is 0 Å². The molecule has 2 fully saturated rings. The van der Waals surface area contributed by atoms with Crippen molar-refractivity contribution in [2.24, 2.45) is 0 Å². The van der Waals surface area contributed by atoms with Gasteiger partial charge in [0.25, 0.3) is 0 Å². The number of cyclic esters (lactones) is 1. The minimum absolute atomic E-state index is 0.0413. The maximum atomic E-state index is 12.4. The summed E-state index contributed by atoms with van der Waals surface area (Å²) in [5, 5.41) is 0. The number of amides is 2. The average molecular weight is 370 g/mol. The molecule has 27 heavy (non-hydrogen) atoms. The highest BCUT2D eigenvalue weighted by Gasteiger charge is 2.28. The Kier molecular flexibility index (Phi) is 4.66. The van der Waals surface area contributed by atoms with Gasteiger partial charge in [-0.2, -0.15) is 0 Å². The first-order valence-corrected chi connectivity index (χ1v) is 9.03. The standard InChI is InChI=1S/C18H22N6O3/c1-14-19-15(21-4-2-3-5-21)12-16(20-14)22-6-8-23(9-7-22)17(25)13-24-10-11-27-18(24)26/h2-5,12H,6-11,13H2,1H3. The molecule has 0 spiro atoms. The first kappa shape index (κ1) is 17.3. The van der Waals surface area contributed by atoms with E-state index in [1.807, 2.05) is 42.1 Å². The second-order valence-electron chi connectivity index (χ2n) is 6.63. The molecule has 2 amide bonds. The molecule has 0 unspecified atom stereocenters. The molecule has 9 heteroatoms. The van der Waals surface area contributed by atoms with Crippen LogP contribution in [0.2, 0.25) is 0 Å². The van der Waals surface area contributed by atoms with Crippen LogP contribution in [0.1, 0.15) is 5.82 Å². The number of rotatable bonds is 4. The number of ether oxygens (including phenoxy) is 1. The Hall–Kier alpha value is -3.10. The molecule has 9 nitrogen and oxygen atoms in total. The number of carbonyl (C=O) groups is 2. The van der Waals surface area contributed by atoms with Crippen molar-refractivity contribution in [2.75, 3.05) is 50.8 Å². The van der Waals surface area contributed by atoms with Gasteiger partial charge in [-0.25, -0.2) is 14.8 Å². The largest absolute Gasteiger partial charge is 0.448 e. The number of carbonyl (C=O) groups excluding carboxylic acids is 2. The van der Waals surface area contributed by atoms with Crippen LogP contribution in [0.4, 0.5) is 10.6 Å². The lowest BCUT2D eigenvalue weighted by Gasteiger charge is -2.36. The summed E-state index contributed by atoms with van der Waals surface area (Å²) in [6, 6.07) is 5.88. The molecule has 0 bridgehead atoms. The Morgan fingerprint density at radius 3 is 2.44 bits per heavy atom. The lowest BCUT2D eigenvalue weighted by Crippen LogP contribution is -2.51. The van der Waals surface area contributed by atoms with Gasteiger partial charge in [0.15, 0.2) is 0 Å². The van der Waals surface area contributed by atoms with E-state index in [9.17, 15) is 9.59 Å². The summed E-state index contributed by atoms with van der Waals surface area (Å²) in [6.07, 6.45) is 3.49. The fourth-order valence-electron chi connectivity index (χ4n) is 3.34. The molecule has 2 aromatic rings. The van der Waals surface area contributed by atoms with E-state index in [1.54, 1.807) is 4.90 Å². The molecule has 0 saturated carbocycles. The maximum absolute atomic E-state index is 12.4. The Morgan fingerprint density at radius 2 is 1.78 bits per heavy atom. The number of hydrogen-bond acceptors (Lipinski definition) is 6. The van der Waals surface area contributed by atoms with Crippen LogP contribution in [0, 0.1) is 6.92 Å². The highest BCUT2D eigenvalue weighted by molar-refractivity contribution is 5.83. The fraction of sp³-hybridized carbons (Fsp3) is 0.444. The van der Waals surface area contributed by atoms with E-state index in [4.69, 9.17) is 4.74 Å². The smallest absolute Gasteiger partial charge is 0.410 e. The van der Waals surface area contributed by atoms with E-state index in [0.717, 1.165) is 11.6 Å². The first-order chi connectivity index (χ1) is 13.1. The van der Waals surface area contributed by atoms with Gasteiger partial charge in [-0.3, -0.25) is 9.69 Å². The molecule has 4 rings (SSSR count). The second-order valence-corrected chi connectivity index (χ2v) is 6.63. The highest BCUT2D eigenvalue weighted by Crippen LogP contribution is 2.18. The van der Waals surface area contributed by atoms with Gasteiger partial charge in [0.1, 0.15) is 30.6 Å². The van der Waals surface area contributed by atoms with Crippen LogP contribution in [0.25, 0.3) is 5.82 Å². The SMILES string of the molecule is Cc1nc(N2CCN(C(=O)CN3CCOC3=O)CC2)cc(-n2cccc2)n1. The van der Waals surface area contributed by atoms with Crippen molar-refractivity contribution in [2.45, 2.75) is 6.92 Å². The zero-order valence-corrected chi connectivity index (χ0v) is 15.2. The predicted molar refractivity (Wildman–Crippen MR) is 97.8 cm³/mol. The Labute approximate surface area is 157 Å². The third-order valence-corrected chi connectivity index (χ3v) is 4.81. The monoisotopic (exact) mass is 370 g/mol. The number of aryl methyl sites for hydroxylation is 1. The molecule has 2 aromatic heterocycles. The molecule has 0 N–H and O–H groups in total. The third kappa shape index (κ3) is 3.71. The minimum Gasteiger partial charge on any atom is -0.448 e. The van der Waals surface area contributed by atoms with E-state index >= 15 is 0 Å². The Bertz CT molecular complexity index is 830. The normalized spacial score (nSPS) is 17.4. The van der Waals surface area contributed by atoms with Gasteiger partial charge >= 0.3 is 6.09 Å². The molecule has 0 aromatic carbocycles. The van der Waals surface area contributed by atoms with Crippen molar-refractivity contribution in [3.8, 4) is 5.82 Å². The molecule has 2 aliphatic heterocycles.